The molecular weight excluding hydrogens is 291 g/mol. The molecule has 0 fully saturated rings. The fourth-order valence-corrected chi connectivity index (χ4v) is 2.90. The first-order valence-corrected chi connectivity index (χ1v) is 7.21. The van der Waals surface area contributed by atoms with Gasteiger partial charge in [-0.3, -0.25) is 10.1 Å². The number of hydrogen-bond donors (Lipinski definition) is 1. The molecule has 2 aromatic heterocycles. The van der Waals surface area contributed by atoms with Gasteiger partial charge in [0.15, 0.2) is 10.9 Å². The van der Waals surface area contributed by atoms with Gasteiger partial charge in [-0.25, -0.2) is 9.37 Å². The van der Waals surface area contributed by atoms with Crippen LogP contribution in [0.25, 0.3) is 11.0 Å². The highest BCUT2D eigenvalue weighted by atomic mass is 32.1. The van der Waals surface area contributed by atoms with E-state index in [9.17, 15) is 9.18 Å². The summed E-state index contributed by atoms with van der Waals surface area (Å²) in [6.07, 6.45) is 0. The Morgan fingerprint density at radius 2 is 2.10 bits per heavy atom. The van der Waals surface area contributed by atoms with Crippen molar-refractivity contribution in [3.05, 3.63) is 45.9 Å². The largest absolute Gasteiger partial charge is 0.451 e. The van der Waals surface area contributed by atoms with Gasteiger partial charge in [0.25, 0.3) is 5.91 Å². The molecule has 1 N–H and O–H groups in total. The molecule has 21 heavy (non-hydrogen) atoms. The Morgan fingerprint density at radius 1 is 1.33 bits per heavy atom. The Labute approximate surface area is 124 Å². The monoisotopic (exact) mass is 304 g/mol. The van der Waals surface area contributed by atoms with Crippen molar-refractivity contribution in [3.63, 3.8) is 0 Å². The lowest BCUT2D eigenvalue weighted by Crippen LogP contribution is -2.11. The fraction of sp³-hybridized carbons (Fsp3) is 0.200. The van der Waals surface area contributed by atoms with Gasteiger partial charge >= 0.3 is 0 Å². The molecule has 6 heteroatoms. The zero-order valence-corrected chi connectivity index (χ0v) is 12.6. The van der Waals surface area contributed by atoms with Crippen LogP contribution in [-0.4, -0.2) is 10.9 Å². The molecule has 1 aromatic carbocycles. The van der Waals surface area contributed by atoms with Crippen LogP contribution in [0.3, 0.4) is 0 Å². The second-order valence-corrected chi connectivity index (χ2v) is 6.01. The quantitative estimate of drug-likeness (QED) is 0.771. The Balaban J connectivity index is 1.96. The summed E-state index contributed by atoms with van der Waals surface area (Å²) in [4.78, 5) is 17.6. The highest BCUT2D eigenvalue weighted by Crippen LogP contribution is 2.27. The first-order valence-electron chi connectivity index (χ1n) is 6.39. The SMILES string of the molecule is Cc1nc(NC(=O)c2oc3ccc(F)cc3c2C)sc1C. The van der Waals surface area contributed by atoms with Gasteiger partial charge in [0.05, 0.1) is 5.69 Å². The fourth-order valence-electron chi connectivity index (χ4n) is 2.09. The molecule has 0 bridgehead atoms. The Hall–Kier alpha value is -2.21. The van der Waals surface area contributed by atoms with Crippen LogP contribution in [0.15, 0.2) is 22.6 Å². The van der Waals surface area contributed by atoms with Crippen molar-refractivity contribution in [1.29, 1.82) is 0 Å². The minimum absolute atomic E-state index is 0.182. The number of furan rings is 1. The minimum atomic E-state index is -0.377. The number of carbonyl (C=O) groups excluding carboxylic acids is 1. The molecular formula is C15H13FN2O2S. The number of anilines is 1. The van der Waals surface area contributed by atoms with Crippen molar-refractivity contribution in [2.75, 3.05) is 5.32 Å². The average molecular weight is 304 g/mol. The van der Waals surface area contributed by atoms with Gasteiger partial charge in [-0.05, 0) is 39.0 Å². The lowest BCUT2D eigenvalue weighted by Gasteiger charge is -1.98. The number of nitrogens with one attached hydrogen (secondary N) is 1. The van der Waals surface area contributed by atoms with E-state index in [0.29, 0.717) is 21.7 Å². The summed E-state index contributed by atoms with van der Waals surface area (Å²) >= 11 is 1.41. The Morgan fingerprint density at radius 3 is 2.76 bits per heavy atom. The number of nitrogens with zero attached hydrogens (tertiary/aromatic N) is 1. The zero-order valence-electron chi connectivity index (χ0n) is 11.8. The average Bonchev–Trinajstić information content (AvgIpc) is 2.91. The van der Waals surface area contributed by atoms with Crippen LogP contribution >= 0.6 is 11.3 Å². The summed E-state index contributed by atoms with van der Waals surface area (Å²) in [6, 6.07) is 4.19. The summed E-state index contributed by atoms with van der Waals surface area (Å²) in [5, 5.41) is 3.85. The molecule has 3 aromatic rings. The second-order valence-electron chi connectivity index (χ2n) is 4.81. The number of aryl methyl sites for hydroxylation is 3. The normalized spacial score (nSPS) is 11.0. The Kier molecular flexibility index (Phi) is 3.25. The third-order valence-corrected chi connectivity index (χ3v) is 4.34. The van der Waals surface area contributed by atoms with Gasteiger partial charge in [-0.15, -0.1) is 11.3 Å². The first kappa shape index (κ1) is 13.8. The van der Waals surface area contributed by atoms with E-state index in [1.54, 1.807) is 6.92 Å². The number of benzene rings is 1. The van der Waals surface area contributed by atoms with Crippen molar-refractivity contribution in [3.8, 4) is 0 Å². The van der Waals surface area contributed by atoms with Crippen LogP contribution in [-0.2, 0) is 0 Å². The molecule has 0 aliphatic rings. The van der Waals surface area contributed by atoms with Crippen molar-refractivity contribution in [2.45, 2.75) is 20.8 Å². The maximum atomic E-state index is 13.3. The van der Waals surface area contributed by atoms with E-state index in [2.05, 4.69) is 10.3 Å². The van der Waals surface area contributed by atoms with Crippen molar-refractivity contribution >= 4 is 33.3 Å². The smallest absolute Gasteiger partial charge is 0.293 e. The van der Waals surface area contributed by atoms with E-state index in [1.165, 1.54) is 29.5 Å². The molecule has 0 spiro atoms. The van der Waals surface area contributed by atoms with E-state index in [4.69, 9.17) is 4.42 Å². The van der Waals surface area contributed by atoms with Crippen LogP contribution < -0.4 is 5.32 Å². The summed E-state index contributed by atoms with van der Waals surface area (Å²) in [7, 11) is 0. The molecule has 0 unspecified atom stereocenters. The molecule has 108 valence electrons. The lowest BCUT2D eigenvalue weighted by atomic mass is 10.1. The molecule has 1 amide bonds. The second kappa shape index (κ2) is 4.96. The van der Waals surface area contributed by atoms with E-state index in [1.807, 2.05) is 13.8 Å². The van der Waals surface area contributed by atoms with E-state index in [-0.39, 0.29) is 17.5 Å². The van der Waals surface area contributed by atoms with Crippen LogP contribution in [0.1, 0.15) is 26.7 Å². The zero-order chi connectivity index (χ0) is 15.1. The van der Waals surface area contributed by atoms with Crippen molar-refractivity contribution < 1.29 is 13.6 Å². The van der Waals surface area contributed by atoms with E-state index >= 15 is 0 Å². The molecule has 0 atom stereocenters. The molecule has 4 nitrogen and oxygen atoms in total. The maximum absolute atomic E-state index is 13.3. The van der Waals surface area contributed by atoms with Crippen LogP contribution in [0.5, 0.6) is 0 Å². The van der Waals surface area contributed by atoms with Crippen LogP contribution in [0, 0.1) is 26.6 Å². The molecule has 2 heterocycles. The maximum Gasteiger partial charge on any atom is 0.293 e. The predicted octanol–water partition coefficient (Wildman–Crippen LogP) is 4.21. The topological polar surface area (TPSA) is 55.1 Å². The number of rotatable bonds is 2. The molecule has 0 aliphatic heterocycles. The number of halogens is 1. The summed E-state index contributed by atoms with van der Waals surface area (Å²) in [6.45, 7) is 5.56. The van der Waals surface area contributed by atoms with Gasteiger partial charge in [0, 0.05) is 15.8 Å². The predicted molar refractivity (Wildman–Crippen MR) is 80.5 cm³/mol. The van der Waals surface area contributed by atoms with Crippen molar-refractivity contribution in [2.24, 2.45) is 0 Å². The lowest BCUT2D eigenvalue weighted by molar-refractivity contribution is 0.0998. The third kappa shape index (κ3) is 2.42. The van der Waals surface area contributed by atoms with Crippen LogP contribution in [0.2, 0.25) is 0 Å². The molecule has 3 rings (SSSR count). The minimum Gasteiger partial charge on any atom is -0.451 e. The number of amides is 1. The van der Waals surface area contributed by atoms with Crippen LogP contribution in [0.4, 0.5) is 9.52 Å². The molecule has 0 radical (unpaired) electrons. The van der Waals surface area contributed by atoms with Gasteiger partial charge in [-0.2, -0.15) is 0 Å². The number of carbonyl (C=O) groups is 1. The van der Waals surface area contributed by atoms with E-state index in [0.717, 1.165) is 10.6 Å². The highest BCUT2D eigenvalue weighted by molar-refractivity contribution is 7.15. The Bertz CT molecular complexity index is 831. The van der Waals surface area contributed by atoms with Crippen molar-refractivity contribution in [1.82, 2.24) is 4.98 Å². The summed E-state index contributed by atoms with van der Waals surface area (Å²) in [5.41, 5.74) is 2.00. The van der Waals surface area contributed by atoms with Gasteiger partial charge in [-0.1, -0.05) is 0 Å². The number of aromatic nitrogens is 1. The standard InChI is InChI=1S/C15H13FN2O2S/c1-7-11-6-10(16)4-5-12(11)20-13(7)14(19)18-15-17-8(2)9(3)21-15/h4-6H,1-3H3,(H,17,18,19). The van der Waals surface area contributed by atoms with Gasteiger partial charge in [0.2, 0.25) is 0 Å². The molecule has 0 saturated carbocycles. The molecule has 0 saturated heterocycles. The number of fused-ring (bicyclic) bond motifs is 1. The van der Waals surface area contributed by atoms with Gasteiger partial charge < -0.3 is 4.42 Å². The first-order chi connectivity index (χ1) is 9.95. The van der Waals surface area contributed by atoms with E-state index < -0.39 is 0 Å². The summed E-state index contributed by atoms with van der Waals surface area (Å²) in [5.74, 6) is -0.552. The van der Waals surface area contributed by atoms with Gasteiger partial charge in [0.1, 0.15) is 11.4 Å². The summed E-state index contributed by atoms with van der Waals surface area (Å²) < 4.78 is 18.8. The number of thiazole rings is 1. The highest BCUT2D eigenvalue weighted by Gasteiger charge is 2.19. The molecule has 0 aliphatic carbocycles. The number of hydrogen-bond acceptors (Lipinski definition) is 4. The third-order valence-electron chi connectivity index (χ3n) is 3.35.